The molecule has 17 heavy (non-hydrogen) atoms. The van der Waals surface area contributed by atoms with Crippen molar-refractivity contribution in [2.24, 2.45) is 0 Å². The van der Waals surface area contributed by atoms with Gasteiger partial charge in [0.25, 0.3) is 0 Å². The Morgan fingerprint density at radius 2 is 2.35 bits per heavy atom. The van der Waals surface area contributed by atoms with Gasteiger partial charge < -0.3 is 10.1 Å². The molecule has 0 spiro atoms. The molecule has 0 aliphatic rings. The lowest BCUT2D eigenvalue weighted by Gasteiger charge is -2.06. The van der Waals surface area contributed by atoms with Crippen molar-refractivity contribution in [2.45, 2.75) is 6.61 Å². The first-order chi connectivity index (χ1) is 8.20. The number of nitrogens with one attached hydrogen (secondary N) is 1. The maximum atomic E-state index is 12.8. The molecule has 1 aromatic carbocycles. The van der Waals surface area contributed by atoms with Crippen LogP contribution in [0.3, 0.4) is 0 Å². The third-order valence-corrected chi connectivity index (χ3v) is 3.12. The van der Waals surface area contributed by atoms with Crippen LogP contribution in [0.1, 0.15) is 5.69 Å². The zero-order chi connectivity index (χ0) is 12.3. The van der Waals surface area contributed by atoms with Gasteiger partial charge in [-0.25, -0.2) is 4.39 Å². The molecule has 0 saturated heterocycles. The minimum Gasteiger partial charge on any atom is -0.486 e. The van der Waals surface area contributed by atoms with Gasteiger partial charge in [-0.05, 0) is 18.2 Å². The molecule has 0 radical (unpaired) electrons. The predicted molar refractivity (Wildman–Crippen MR) is 65.2 cm³/mol. The molecule has 1 aromatic heterocycles. The molecule has 0 unspecified atom stereocenters. The van der Waals surface area contributed by atoms with Crippen molar-refractivity contribution in [3.05, 3.63) is 34.7 Å². The minimum absolute atomic E-state index is 0.234. The van der Waals surface area contributed by atoms with E-state index in [-0.39, 0.29) is 11.6 Å². The Bertz CT molecular complexity index is 520. The van der Waals surface area contributed by atoms with Gasteiger partial charge in [0.05, 0.1) is 5.02 Å². The number of hydrogen-bond acceptors (Lipinski definition) is 5. The molecule has 1 N–H and O–H groups in total. The summed E-state index contributed by atoms with van der Waals surface area (Å²) in [4.78, 5) is 0. The molecular formula is C10H9ClFN3OS. The van der Waals surface area contributed by atoms with E-state index in [0.29, 0.717) is 11.4 Å². The number of aromatic nitrogens is 2. The molecule has 2 aromatic rings. The molecule has 0 atom stereocenters. The standard InChI is InChI=1S/C10H9ClFN3OS/c1-13-10-8(14-15-17-10)5-16-9-3-2-6(12)4-7(9)11/h2-4,13H,5H2,1H3. The van der Waals surface area contributed by atoms with Crippen LogP contribution < -0.4 is 10.1 Å². The molecular weight excluding hydrogens is 265 g/mol. The average molecular weight is 274 g/mol. The van der Waals surface area contributed by atoms with Gasteiger partial charge in [-0.15, -0.1) is 5.10 Å². The number of ether oxygens (including phenoxy) is 1. The van der Waals surface area contributed by atoms with Crippen LogP contribution in [0, 0.1) is 5.82 Å². The van der Waals surface area contributed by atoms with Gasteiger partial charge >= 0.3 is 0 Å². The van der Waals surface area contributed by atoms with E-state index >= 15 is 0 Å². The third-order valence-electron chi connectivity index (χ3n) is 2.04. The second-order valence-corrected chi connectivity index (χ2v) is 4.32. The topological polar surface area (TPSA) is 47.0 Å². The number of nitrogens with zero attached hydrogens (tertiary/aromatic N) is 2. The zero-order valence-corrected chi connectivity index (χ0v) is 10.5. The van der Waals surface area contributed by atoms with E-state index in [1.807, 2.05) is 0 Å². The van der Waals surface area contributed by atoms with E-state index in [1.165, 1.54) is 29.7 Å². The summed E-state index contributed by atoms with van der Waals surface area (Å²) in [5, 5.41) is 7.94. The highest BCUT2D eigenvalue weighted by atomic mass is 35.5. The zero-order valence-electron chi connectivity index (χ0n) is 8.91. The highest BCUT2D eigenvalue weighted by Crippen LogP contribution is 2.26. The first-order valence-electron chi connectivity index (χ1n) is 4.77. The quantitative estimate of drug-likeness (QED) is 0.930. The van der Waals surface area contributed by atoms with E-state index in [4.69, 9.17) is 16.3 Å². The lowest BCUT2D eigenvalue weighted by Crippen LogP contribution is -2.00. The van der Waals surface area contributed by atoms with E-state index in [9.17, 15) is 4.39 Å². The number of rotatable bonds is 4. The lowest BCUT2D eigenvalue weighted by molar-refractivity contribution is 0.301. The Labute approximate surface area is 107 Å². The Kier molecular flexibility index (Phi) is 3.75. The summed E-state index contributed by atoms with van der Waals surface area (Å²) in [5.74, 6) is 0.0247. The molecule has 2 rings (SSSR count). The summed E-state index contributed by atoms with van der Waals surface area (Å²) in [6, 6.07) is 3.98. The fourth-order valence-corrected chi connectivity index (χ4v) is 1.97. The molecule has 4 nitrogen and oxygen atoms in total. The van der Waals surface area contributed by atoms with Crippen LogP contribution in [0.15, 0.2) is 18.2 Å². The maximum absolute atomic E-state index is 12.8. The minimum atomic E-state index is -0.395. The normalized spacial score (nSPS) is 10.3. The summed E-state index contributed by atoms with van der Waals surface area (Å²) in [7, 11) is 1.78. The van der Waals surface area contributed by atoms with Crippen LogP contribution >= 0.6 is 23.1 Å². The van der Waals surface area contributed by atoms with E-state index in [0.717, 1.165) is 5.00 Å². The van der Waals surface area contributed by atoms with Crippen LogP contribution in [0.4, 0.5) is 9.39 Å². The third kappa shape index (κ3) is 2.83. The second-order valence-electron chi connectivity index (χ2n) is 3.16. The molecule has 0 saturated carbocycles. The molecule has 0 bridgehead atoms. The Morgan fingerprint density at radius 1 is 1.53 bits per heavy atom. The number of hydrogen-bond donors (Lipinski definition) is 1. The molecule has 90 valence electrons. The Morgan fingerprint density at radius 3 is 3.06 bits per heavy atom. The summed E-state index contributed by atoms with van der Waals surface area (Å²) >= 11 is 7.08. The van der Waals surface area contributed by atoms with Gasteiger partial charge in [0.15, 0.2) is 0 Å². The van der Waals surface area contributed by atoms with E-state index < -0.39 is 5.82 Å². The predicted octanol–water partition coefficient (Wildman–Crippen LogP) is 2.95. The first-order valence-corrected chi connectivity index (χ1v) is 5.92. The van der Waals surface area contributed by atoms with E-state index in [2.05, 4.69) is 14.9 Å². The average Bonchev–Trinajstić information content (AvgIpc) is 2.75. The molecule has 1 heterocycles. The van der Waals surface area contributed by atoms with E-state index in [1.54, 1.807) is 7.05 Å². The summed E-state index contributed by atoms with van der Waals surface area (Å²) in [5.41, 5.74) is 0.692. The monoisotopic (exact) mass is 273 g/mol. The smallest absolute Gasteiger partial charge is 0.138 e. The fraction of sp³-hybridized carbons (Fsp3) is 0.200. The highest BCUT2D eigenvalue weighted by Gasteiger charge is 2.09. The van der Waals surface area contributed by atoms with Crippen LogP contribution in [-0.4, -0.2) is 16.6 Å². The summed E-state index contributed by atoms with van der Waals surface area (Å²) in [6.07, 6.45) is 0. The van der Waals surface area contributed by atoms with Gasteiger partial charge in [-0.1, -0.05) is 16.1 Å². The van der Waals surface area contributed by atoms with Gasteiger partial charge in [0.2, 0.25) is 0 Å². The Hall–Kier alpha value is -1.40. The van der Waals surface area contributed by atoms with Crippen LogP contribution in [-0.2, 0) is 6.61 Å². The fourth-order valence-electron chi connectivity index (χ4n) is 1.23. The summed E-state index contributed by atoms with van der Waals surface area (Å²) < 4.78 is 22.1. The van der Waals surface area contributed by atoms with Crippen molar-refractivity contribution >= 4 is 28.1 Å². The van der Waals surface area contributed by atoms with Crippen molar-refractivity contribution in [1.29, 1.82) is 0 Å². The van der Waals surface area contributed by atoms with Crippen LogP contribution in [0.2, 0.25) is 5.02 Å². The number of anilines is 1. The van der Waals surface area contributed by atoms with Crippen LogP contribution in [0.25, 0.3) is 0 Å². The lowest BCUT2D eigenvalue weighted by atomic mass is 10.3. The first kappa shape index (κ1) is 12.1. The van der Waals surface area contributed by atoms with Gasteiger partial charge in [0.1, 0.15) is 28.9 Å². The van der Waals surface area contributed by atoms with Gasteiger partial charge in [-0.2, -0.15) is 0 Å². The number of halogens is 2. The summed E-state index contributed by atoms with van der Waals surface area (Å²) in [6.45, 7) is 0.234. The molecule has 0 aliphatic heterocycles. The van der Waals surface area contributed by atoms with Crippen molar-refractivity contribution in [1.82, 2.24) is 9.59 Å². The van der Waals surface area contributed by atoms with Crippen molar-refractivity contribution in [2.75, 3.05) is 12.4 Å². The molecule has 7 heteroatoms. The SMILES string of the molecule is CNc1snnc1COc1ccc(F)cc1Cl. The largest absolute Gasteiger partial charge is 0.486 e. The second kappa shape index (κ2) is 5.29. The van der Waals surface area contributed by atoms with Gasteiger partial charge in [-0.3, -0.25) is 0 Å². The van der Waals surface area contributed by atoms with Crippen LogP contribution in [0.5, 0.6) is 5.75 Å². The maximum Gasteiger partial charge on any atom is 0.138 e. The molecule has 0 fully saturated rings. The molecule has 0 amide bonds. The highest BCUT2D eigenvalue weighted by molar-refractivity contribution is 7.10. The van der Waals surface area contributed by atoms with Crippen molar-refractivity contribution in [3.8, 4) is 5.75 Å². The van der Waals surface area contributed by atoms with Crippen molar-refractivity contribution in [3.63, 3.8) is 0 Å². The Balaban J connectivity index is 2.07. The molecule has 0 aliphatic carbocycles. The van der Waals surface area contributed by atoms with Crippen molar-refractivity contribution < 1.29 is 9.13 Å². The van der Waals surface area contributed by atoms with Gasteiger partial charge in [0, 0.05) is 18.6 Å². The number of benzene rings is 1.